The van der Waals surface area contributed by atoms with Gasteiger partial charge in [-0.2, -0.15) is 0 Å². The molecule has 1 aliphatic rings. The number of carbonyl (C=O) groups is 1. The van der Waals surface area contributed by atoms with E-state index in [0.717, 1.165) is 32.4 Å². The van der Waals surface area contributed by atoms with Crippen LogP contribution in [0.15, 0.2) is 72.3 Å². The summed E-state index contributed by atoms with van der Waals surface area (Å²) in [4.78, 5) is 15.0. The van der Waals surface area contributed by atoms with E-state index >= 15 is 0 Å². The van der Waals surface area contributed by atoms with Crippen molar-refractivity contribution < 1.29 is 4.79 Å². The van der Waals surface area contributed by atoms with Crippen molar-refractivity contribution in [3.05, 3.63) is 89.0 Å². The highest BCUT2D eigenvalue weighted by molar-refractivity contribution is 5.89. The summed E-state index contributed by atoms with van der Waals surface area (Å²) in [6.45, 7) is 10.3. The van der Waals surface area contributed by atoms with E-state index < -0.39 is 0 Å². The van der Waals surface area contributed by atoms with Crippen LogP contribution in [-0.4, -0.2) is 23.9 Å². The van der Waals surface area contributed by atoms with E-state index in [1.54, 1.807) is 6.08 Å². The average molecular weight is 402 g/mol. The molecule has 0 unspecified atom stereocenters. The molecule has 0 aromatic heterocycles. The number of hydrogen-bond donors (Lipinski definition) is 0. The molecule has 2 aromatic carbocycles. The molecule has 2 heteroatoms. The van der Waals surface area contributed by atoms with E-state index in [9.17, 15) is 4.79 Å². The fraction of sp³-hybridized carbons (Fsp3) is 0.393. The zero-order valence-corrected chi connectivity index (χ0v) is 18.9. The van der Waals surface area contributed by atoms with Crippen LogP contribution in [0.25, 0.3) is 5.57 Å². The number of carbonyl (C=O) groups excluding carboxylic acids is 1. The van der Waals surface area contributed by atoms with Crippen LogP contribution in [0.2, 0.25) is 0 Å². The van der Waals surface area contributed by atoms with Crippen molar-refractivity contribution in [3.63, 3.8) is 0 Å². The molecular formula is C28H35NO. The Labute approximate surface area is 182 Å². The summed E-state index contributed by atoms with van der Waals surface area (Å²) in [7, 11) is 0. The highest BCUT2D eigenvalue weighted by Crippen LogP contribution is 2.34. The van der Waals surface area contributed by atoms with Gasteiger partial charge in [0, 0.05) is 19.2 Å². The third kappa shape index (κ3) is 5.95. The molecule has 2 aromatic rings. The number of benzene rings is 2. The summed E-state index contributed by atoms with van der Waals surface area (Å²) in [5, 5.41) is 0. The molecule has 0 spiro atoms. The maximum atomic E-state index is 13.0. The molecular weight excluding hydrogens is 366 g/mol. The summed E-state index contributed by atoms with van der Waals surface area (Å²) < 4.78 is 0. The van der Waals surface area contributed by atoms with E-state index in [-0.39, 0.29) is 5.91 Å². The fourth-order valence-electron chi connectivity index (χ4n) is 4.23. The fourth-order valence-corrected chi connectivity index (χ4v) is 4.23. The molecule has 0 radical (unpaired) electrons. The first kappa shape index (κ1) is 22.1. The largest absolute Gasteiger partial charge is 0.339 e. The quantitative estimate of drug-likeness (QED) is 0.474. The second kappa shape index (κ2) is 10.4. The lowest BCUT2D eigenvalue weighted by Crippen LogP contribution is -2.35. The Morgan fingerprint density at radius 1 is 0.900 bits per heavy atom. The summed E-state index contributed by atoms with van der Waals surface area (Å²) in [5.74, 6) is 1.06. The molecule has 0 bridgehead atoms. The van der Waals surface area contributed by atoms with Crippen LogP contribution in [0.1, 0.15) is 50.8 Å². The van der Waals surface area contributed by atoms with Gasteiger partial charge in [-0.3, -0.25) is 4.79 Å². The maximum Gasteiger partial charge on any atom is 0.246 e. The second-order valence-corrected chi connectivity index (χ2v) is 9.19. The van der Waals surface area contributed by atoms with Crippen LogP contribution in [0.5, 0.6) is 0 Å². The first-order valence-electron chi connectivity index (χ1n) is 11.2. The number of nitrogens with zero attached hydrogens (tertiary/aromatic N) is 1. The predicted molar refractivity (Wildman–Crippen MR) is 127 cm³/mol. The molecule has 0 fully saturated rings. The Hall–Kier alpha value is -2.61. The van der Waals surface area contributed by atoms with Gasteiger partial charge in [-0.1, -0.05) is 88.4 Å². The van der Waals surface area contributed by atoms with E-state index in [2.05, 4.69) is 88.4 Å². The van der Waals surface area contributed by atoms with Gasteiger partial charge >= 0.3 is 0 Å². The topological polar surface area (TPSA) is 20.3 Å². The Morgan fingerprint density at radius 3 is 2.20 bits per heavy atom. The minimum Gasteiger partial charge on any atom is -0.339 e. The van der Waals surface area contributed by atoms with Crippen LogP contribution in [0, 0.1) is 11.8 Å². The molecule has 0 heterocycles. The van der Waals surface area contributed by atoms with Crippen LogP contribution in [0.4, 0.5) is 0 Å². The third-order valence-corrected chi connectivity index (χ3v) is 5.53. The predicted octanol–water partition coefficient (Wildman–Crippen LogP) is 6.33. The van der Waals surface area contributed by atoms with Gasteiger partial charge in [-0.15, -0.1) is 0 Å². The van der Waals surface area contributed by atoms with Crippen LogP contribution >= 0.6 is 0 Å². The number of amides is 1. The van der Waals surface area contributed by atoms with Crippen molar-refractivity contribution in [2.45, 2.75) is 47.0 Å². The summed E-state index contributed by atoms with van der Waals surface area (Å²) in [5.41, 5.74) is 6.70. The van der Waals surface area contributed by atoms with Crippen LogP contribution in [0.3, 0.4) is 0 Å². The first-order chi connectivity index (χ1) is 14.4. The molecule has 1 amide bonds. The van der Waals surface area contributed by atoms with Crippen molar-refractivity contribution in [3.8, 4) is 0 Å². The maximum absolute atomic E-state index is 13.0. The van der Waals surface area contributed by atoms with Crippen molar-refractivity contribution in [1.29, 1.82) is 0 Å². The Kier molecular flexibility index (Phi) is 7.68. The molecule has 1 aliphatic carbocycles. The van der Waals surface area contributed by atoms with E-state index in [1.807, 2.05) is 4.90 Å². The van der Waals surface area contributed by atoms with Crippen molar-refractivity contribution in [2.75, 3.05) is 13.1 Å². The second-order valence-electron chi connectivity index (χ2n) is 9.19. The zero-order valence-electron chi connectivity index (χ0n) is 18.9. The molecule has 30 heavy (non-hydrogen) atoms. The number of aryl methyl sites for hydroxylation is 1. The SMILES string of the molecule is CC(C)CN(CC(C)C)C(=O)/C=C/C1=C(Cc2ccccc2)c2ccccc2CC1. The molecule has 0 atom stereocenters. The normalized spacial score (nSPS) is 13.9. The monoisotopic (exact) mass is 401 g/mol. The van der Waals surface area contributed by atoms with Gasteiger partial charge in [0.05, 0.1) is 0 Å². The number of hydrogen-bond acceptors (Lipinski definition) is 1. The zero-order chi connectivity index (χ0) is 21.5. The summed E-state index contributed by atoms with van der Waals surface area (Å²) >= 11 is 0. The highest BCUT2D eigenvalue weighted by Gasteiger charge is 2.19. The van der Waals surface area contributed by atoms with E-state index in [0.29, 0.717) is 11.8 Å². The molecule has 0 saturated heterocycles. The Bertz CT molecular complexity index is 895. The lowest BCUT2D eigenvalue weighted by Gasteiger charge is -2.26. The Balaban J connectivity index is 1.90. The van der Waals surface area contributed by atoms with Crippen molar-refractivity contribution in [2.24, 2.45) is 11.8 Å². The number of fused-ring (bicyclic) bond motifs is 1. The number of rotatable bonds is 8. The lowest BCUT2D eigenvalue weighted by atomic mass is 9.82. The van der Waals surface area contributed by atoms with Gasteiger partial charge < -0.3 is 4.90 Å². The molecule has 0 N–H and O–H groups in total. The van der Waals surface area contributed by atoms with Gasteiger partial charge in [0.25, 0.3) is 0 Å². The van der Waals surface area contributed by atoms with Crippen molar-refractivity contribution >= 4 is 11.5 Å². The van der Waals surface area contributed by atoms with Crippen molar-refractivity contribution in [1.82, 2.24) is 4.90 Å². The van der Waals surface area contributed by atoms with E-state index in [1.165, 1.54) is 27.8 Å². The lowest BCUT2D eigenvalue weighted by molar-refractivity contribution is -0.127. The van der Waals surface area contributed by atoms with Gasteiger partial charge in [0.2, 0.25) is 5.91 Å². The number of allylic oxidation sites excluding steroid dienone is 3. The molecule has 0 saturated carbocycles. The highest BCUT2D eigenvalue weighted by atomic mass is 16.2. The summed E-state index contributed by atoms with van der Waals surface area (Å²) in [6, 6.07) is 19.3. The van der Waals surface area contributed by atoms with E-state index in [4.69, 9.17) is 0 Å². The molecule has 158 valence electrons. The average Bonchev–Trinajstić information content (AvgIpc) is 2.72. The molecule has 0 aliphatic heterocycles. The summed E-state index contributed by atoms with van der Waals surface area (Å²) in [6.07, 6.45) is 6.80. The minimum atomic E-state index is 0.128. The van der Waals surface area contributed by atoms with Crippen LogP contribution in [-0.2, 0) is 17.6 Å². The van der Waals surface area contributed by atoms with Gasteiger partial charge in [-0.25, -0.2) is 0 Å². The first-order valence-corrected chi connectivity index (χ1v) is 11.2. The minimum absolute atomic E-state index is 0.128. The Morgan fingerprint density at radius 2 is 1.53 bits per heavy atom. The standard InChI is InChI=1S/C28H35NO/c1-21(2)19-29(20-22(3)4)28(30)17-16-25-15-14-24-12-8-9-13-26(24)27(25)18-23-10-6-5-7-11-23/h5-13,16-17,21-22H,14-15,18-20H2,1-4H3/b17-16+. The smallest absolute Gasteiger partial charge is 0.246 e. The van der Waals surface area contributed by atoms with Gasteiger partial charge in [0.1, 0.15) is 0 Å². The molecule has 2 nitrogen and oxygen atoms in total. The third-order valence-electron chi connectivity index (χ3n) is 5.53. The van der Waals surface area contributed by atoms with Gasteiger partial charge in [0.15, 0.2) is 0 Å². The molecule has 3 rings (SSSR count). The van der Waals surface area contributed by atoms with Gasteiger partial charge in [-0.05, 0) is 58.9 Å². The van der Waals surface area contributed by atoms with Crippen LogP contribution < -0.4 is 0 Å².